The van der Waals surface area contributed by atoms with Gasteiger partial charge in [-0.1, -0.05) is 59.9 Å². The lowest BCUT2D eigenvalue weighted by molar-refractivity contribution is 0.302. The van der Waals surface area contributed by atoms with Gasteiger partial charge >= 0.3 is 0 Å². The van der Waals surface area contributed by atoms with Gasteiger partial charge in [-0.05, 0) is 54.2 Å². The molecule has 6 rings (SSSR count). The average molecular weight is 468 g/mol. The molecule has 0 amide bonds. The molecule has 3 aromatic heterocycles. The van der Waals surface area contributed by atoms with E-state index in [0.717, 1.165) is 27.1 Å². The van der Waals surface area contributed by atoms with Crippen LogP contribution in [0.25, 0.3) is 15.3 Å². The number of hydrogen-bond acceptors (Lipinski definition) is 4. The number of benzene rings is 2. The zero-order valence-corrected chi connectivity index (χ0v) is 19.3. The predicted octanol–water partition coefficient (Wildman–Crippen LogP) is 5.65. The maximum atomic E-state index is 5.84. The van der Waals surface area contributed by atoms with Crippen LogP contribution in [0.2, 0.25) is 0 Å². The second kappa shape index (κ2) is 8.42. The normalized spacial score (nSPS) is 18.1. The van der Waals surface area contributed by atoms with Gasteiger partial charge in [0.25, 0.3) is 0 Å². The van der Waals surface area contributed by atoms with E-state index in [2.05, 4.69) is 86.6 Å². The van der Waals surface area contributed by atoms with Crippen LogP contribution in [0.1, 0.15) is 29.0 Å². The van der Waals surface area contributed by atoms with Crippen molar-refractivity contribution in [2.24, 2.45) is 0 Å². The van der Waals surface area contributed by atoms with Gasteiger partial charge in [0.1, 0.15) is 0 Å². The van der Waals surface area contributed by atoms with Crippen LogP contribution in [0, 0.1) is 0 Å². The molecule has 0 bridgehead atoms. The van der Waals surface area contributed by atoms with Crippen molar-refractivity contribution in [3.05, 3.63) is 114 Å². The topological polar surface area (TPSA) is 46.0 Å². The van der Waals surface area contributed by atoms with Gasteiger partial charge in [0.05, 0.1) is 33.7 Å². The first-order chi connectivity index (χ1) is 16.3. The molecule has 0 radical (unpaired) electrons. The van der Waals surface area contributed by atoms with E-state index in [1.165, 1.54) is 10.3 Å². The molecule has 2 unspecified atom stereocenters. The smallest absolute Gasteiger partial charge is 0.194 e. The summed E-state index contributed by atoms with van der Waals surface area (Å²) >= 11 is 7.54. The van der Waals surface area contributed by atoms with Crippen LogP contribution in [0.3, 0.4) is 0 Å². The lowest BCUT2D eigenvalue weighted by Gasteiger charge is -2.28. The van der Waals surface area contributed by atoms with Crippen LogP contribution in [-0.2, 0) is 6.54 Å². The lowest BCUT2D eigenvalue weighted by Crippen LogP contribution is -2.30. The summed E-state index contributed by atoms with van der Waals surface area (Å²) in [7, 11) is 0. The minimum atomic E-state index is -0.0644. The molecule has 33 heavy (non-hydrogen) atoms. The Hall–Kier alpha value is -3.55. The molecule has 1 saturated heterocycles. The van der Waals surface area contributed by atoms with Crippen LogP contribution in [0.15, 0.2) is 97.3 Å². The maximum Gasteiger partial charge on any atom is 0.194 e. The van der Waals surface area contributed by atoms with Crippen molar-refractivity contribution < 1.29 is 0 Å². The molecule has 5 aromatic rings. The maximum absolute atomic E-state index is 5.84. The second-order valence-electron chi connectivity index (χ2n) is 8.01. The van der Waals surface area contributed by atoms with Crippen molar-refractivity contribution in [2.75, 3.05) is 0 Å². The third-order valence-corrected chi connectivity index (χ3v) is 7.35. The Kier molecular flexibility index (Phi) is 5.13. The zero-order chi connectivity index (χ0) is 22.2. The van der Waals surface area contributed by atoms with Gasteiger partial charge in [-0.15, -0.1) is 0 Å². The van der Waals surface area contributed by atoms with Crippen LogP contribution in [0.4, 0.5) is 0 Å². The molecule has 2 aromatic carbocycles. The van der Waals surface area contributed by atoms with E-state index in [1.54, 1.807) is 11.3 Å². The highest BCUT2D eigenvalue weighted by Gasteiger charge is 2.41. The number of fused-ring (bicyclic) bond motifs is 1. The number of aromatic nitrogens is 3. The van der Waals surface area contributed by atoms with Gasteiger partial charge in [-0.25, -0.2) is 4.98 Å². The Labute approximate surface area is 201 Å². The summed E-state index contributed by atoms with van der Waals surface area (Å²) in [6.07, 6.45) is 3.92. The Morgan fingerprint density at radius 2 is 1.73 bits per heavy atom. The largest absolute Gasteiger partial charge is 0.352 e. The Morgan fingerprint density at radius 1 is 0.909 bits per heavy atom. The molecule has 2 atom stereocenters. The number of pyridine rings is 1. The summed E-state index contributed by atoms with van der Waals surface area (Å²) in [5.74, 6) is 0. The summed E-state index contributed by atoms with van der Waals surface area (Å²) in [4.78, 5) is 11.8. The highest BCUT2D eigenvalue weighted by molar-refractivity contribution is 7.80. The Morgan fingerprint density at radius 3 is 2.55 bits per heavy atom. The fourth-order valence-corrected chi connectivity index (χ4v) is 5.73. The molecule has 1 N–H and O–H groups in total. The van der Waals surface area contributed by atoms with E-state index in [4.69, 9.17) is 17.2 Å². The second-order valence-corrected chi connectivity index (χ2v) is 9.40. The number of hydrogen-bond donors (Lipinski definition) is 1. The van der Waals surface area contributed by atoms with E-state index in [0.29, 0.717) is 6.54 Å². The predicted molar refractivity (Wildman–Crippen MR) is 136 cm³/mol. The number of rotatable bonds is 5. The van der Waals surface area contributed by atoms with Gasteiger partial charge in [0, 0.05) is 18.9 Å². The number of nitrogens with one attached hydrogen (secondary N) is 1. The van der Waals surface area contributed by atoms with Gasteiger partial charge < -0.3 is 10.2 Å². The van der Waals surface area contributed by atoms with E-state index in [9.17, 15) is 0 Å². The molecule has 1 aliphatic rings. The number of thiazole rings is 1. The fourth-order valence-electron chi connectivity index (χ4n) is 4.45. The minimum Gasteiger partial charge on any atom is -0.352 e. The summed E-state index contributed by atoms with van der Waals surface area (Å²) in [5, 5.41) is 5.23. The highest BCUT2D eigenvalue weighted by Crippen LogP contribution is 2.41. The first kappa shape index (κ1) is 20.1. The van der Waals surface area contributed by atoms with Gasteiger partial charge in [0.15, 0.2) is 10.2 Å². The number of nitrogens with zero attached hydrogens (tertiary/aromatic N) is 4. The van der Waals surface area contributed by atoms with Crippen LogP contribution >= 0.6 is 23.6 Å². The third kappa shape index (κ3) is 3.69. The van der Waals surface area contributed by atoms with E-state index < -0.39 is 0 Å². The fraction of sp³-hybridized carbons (Fsp3) is 0.115. The van der Waals surface area contributed by atoms with Crippen molar-refractivity contribution in [3.63, 3.8) is 0 Å². The number of thiocarbonyl (C=S) groups is 1. The Balaban J connectivity index is 1.46. The molecule has 162 valence electrons. The molecule has 7 heteroatoms. The van der Waals surface area contributed by atoms with Crippen molar-refractivity contribution in [1.29, 1.82) is 0 Å². The molecular weight excluding hydrogens is 446 g/mol. The summed E-state index contributed by atoms with van der Waals surface area (Å²) in [5.41, 5.74) is 4.33. The summed E-state index contributed by atoms with van der Waals surface area (Å²) < 4.78 is 3.37. The minimum absolute atomic E-state index is 0.0328. The molecular formula is C26H21N5S2. The molecule has 0 saturated carbocycles. The van der Waals surface area contributed by atoms with Crippen molar-refractivity contribution >= 4 is 38.9 Å². The van der Waals surface area contributed by atoms with E-state index in [1.807, 2.05) is 30.5 Å². The Bertz CT molecular complexity index is 1380. The first-order valence-corrected chi connectivity index (χ1v) is 12.1. The van der Waals surface area contributed by atoms with Crippen molar-refractivity contribution in [3.8, 4) is 5.13 Å². The molecule has 1 fully saturated rings. The highest BCUT2D eigenvalue weighted by atomic mass is 32.1. The van der Waals surface area contributed by atoms with Gasteiger partial charge in [0.2, 0.25) is 0 Å². The van der Waals surface area contributed by atoms with E-state index >= 15 is 0 Å². The molecule has 0 spiro atoms. The molecule has 4 heterocycles. The van der Waals surface area contributed by atoms with Crippen molar-refractivity contribution in [1.82, 2.24) is 24.8 Å². The monoisotopic (exact) mass is 467 g/mol. The molecule has 0 aliphatic carbocycles. The summed E-state index contributed by atoms with van der Waals surface area (Å²) in [6, 6.07) is 28.9. The standard InChI is InChI=1S/C26H21N5S2/c32-25-29-23(20-12-6-7-15-27-20)24(31(25)17-18-9-2-1-3-10-18)21-13-8-16-30(21)26-28-19-11-4-5-14-22(19)33-26/h1-16,23-24H,17H2,(H,29,32). The quantitative estimate of drug-likeness (QED) is 0.338. The van der Waals surface area contributed by atoms with Gasteiger partial charge in [-0.2, -0.15) is 0 Å². The van der Waals surface area contributed by atoms with Crippen LogP contribution in [-0.4, -0.2) is 24.5 Å². The van der Waals surface area contributed by atoms with Crippen LogP contribution < -0.4 is 5.32 Å². The zero-order valence-electron chi connectivity index (χ0n) is 17.7. The molecule has 1 aliphatic heterocycles. The summed E-state index contributed by atoms with van der Waals surface area (Å²) in [6.45, 7) is 0.714. The SMILES string of the molecule is S=C1NC(c2ccccn2)C(c2cccn2-c2nc3ccccc3s2)N1Cc1ccccc1. The first-order valence-electron chi connectivity index (χ1n) is 10.8. The average Bonchev–Trinajstić information content (AvgIpc) is 3.57. The third-order valence-electron chi connectivity index (χ3n) is 5.97. The molecule has 5 nitrogen and oxygen atoms in total. The van der Waals surface area contributed by atoms with Crippen LogP contribution in [0.5, 0.6) is 0 Å². The lowest BCUT2D eigenvalue weighted by atomic mass is 10.0. The van der Waals surface area contributed by atoms with Crippen molar-refractivity contribution in [2.45, 2.75) is 18.6 Å². The van der Waals surface area contributed by atoms with E-state index in [-0.39, 0.29) is 12.1 Å². The number of para-hydroxylation sites is 1. The van der Waals surface area contributed by atoms with Gasteiger partial charge in [-0.3, -0.25) is 9.55 Å².